The molecule has 0 fully saturated rings. The Hall–Kier alpha value is -3.14. The standard InChI is InChI=1S/C22H21N3O2S/c1-2-27-22(26)20-18(17(13-23)21(24)28-20)14-25-19(15-9-5-3-6-10-15)16-11-7-4-8-12-16/h3-12,19,25H,2,14,24H2,1H3. The van der Waals surface area contributed by atoms with E-state index in [1.807, 2.05) is 60.7 Å². The number of nitrogen functional groups attached to an aromatic ring is 1. The molecule has 3 N–H and O–H groups in total. The summed E-state index contributed by atoms with van der Waals surface area (Å²) in [6, 6.07) is 22.1. The number of ether oxygens (including phenoxy) is 1. The second kappa shape index (κ2) is 9.18. The number of esters is 1. The average Bonchev–Trinajstić information content (AvgIpc) is 3.05. The van der Waals surface area contributed by atoms with Crippen LogP contribution in [-0.2, 0) is 11.3 Å². The fourth-order valence-electron chi connectivity index (χ4n) is 3.06. The first-order valence-corrected chi connectivity index (χ1v) is 9.79. The van der Waals surface area contributed by atoms with Crippen LogP contribution in [0.1, 0.15) is 44.9 Å². The molecular weight excluding hydrogens is 370 g/mol. The molecule has 6 heteroatoms. The van der Waals surface area contributed by atoms with Gasteiger partial charge in [-0.3, -0.25) is 0 Å². The summed E-state index contributed by atoms with van der Waals surface area (Å²) in [4.78, 5) is 12.7. The van der Waals surface area contributed by atoms with Gasteiger partial charge in [0.1, 0.15) is 15.9 Å². The number of nitrogens with zero attached hydrogens (tertiary/aromatic N) is 1. The van der Waals surface area contributed by atoms with Crippen molar-refractivity contribution in [1.29, 1.82) is 5.26 Å². The van der Waals surface area contributed by atoms with Crippen molar-refractivity contribution in [3.63, 3.8) is 0 Å². The van der Waals surface area contributed by atoms with E-state index in [1.165, 1.54) is 0 Å². The maximum Gasteiger partial charge on any atom is 0.348 e. The number of hydrogen-bond acceptors (Lipinski definition) is 6. The van der Waals surface area contributed by atoms with Crippen LogP contribution in [0.25, 0.3) is 0 Å². The van der Waals surface area contributed by atoms with Crippen LogP contribution in [0, 0.1) is 11.3 Å². The monoisotopic (exact) mass is 391 g/mol. The SMILES string of the molecule is CCOC(=O)c1sc(N)c(C#N)c1CNC(c1ccccc1)c1ccccc1. The van der Waals surface area contributed by atoms with Gasteiger partial charge in [0.2, 0.25) is 0 Å². The third kappa shape index (κ3) is 4.22. The van der Waals surface area contributed by atoms with Gasteiger partial charge >= 0.3 is 5.97 Å². The van der Waals surface area contributed by atoms with Gasteiger partial charge in [0, 0.05) is 12.1 Å². The van der Waals surface area contributed by atoms with Gasteiger partial charge in [-0.25, -0.2) is 4.79 Å². The molecule has 0 saturated carbocycles. The molecule has 3 rings (SSSR count). The van der Waals surface area contributed by atoms with E-state index in [0.29, 0.717) is 27.5 Å². The number of carbonyl (C=O) groups is 1. The number of benzene rings is 2. The normalized spacial score (nSPS) is 10.6. The molecular formula is C22H21N3O2S. The van der Waals surface area contributed by atoms with Crippen molar-refractivity contribution in [2.45, 2.75) is 19.5 Å². The highest BCUT2D eigenvalue weighted by Crippen LogP contribution is 2.32. The molecule has 0 aliphatic rings. The number of thiophene rings is 1. The lowest BCUT2D eigenvalue weighted by Crippen LogP contribution is -2.23. The summed E-state index contributed by atoms with van der Waals surface area (Å²) < 4.78 is 5.14. The second-order valence-electron chi connectivity index (χ2n) is 6.12. The van der Waals surface area contributed by atoms with Crippen molar-refractivity contribution >= 4 is 22.3 Å². The van der Waals surface area contributed by atoms with Crippen LogP contribution >= 0.6 is 11.3 Å². The molecule has 2 aromatic carbocycles. The van der Waals surface area contributed by atoms with Gasteiger partial charge in [-0.2, -0.15) is 5.26 Å². The molecule has 0 saturated heterocycles. The minimum absolute atomic E-state index is 0.0925. The number of nitrogens with two attached hydrogens (primary N) is 1. The maximum atomic E-state index is 12.3. The summed E-state index contributed by atoms with van der Waals surface area (Å²) in [7, 11) is 0. The summed E-state index contributed by atoms with van der Waals surface area (Å²) in [5.74, 6) is -0.450. The first kappa shape index (κ1) is 19.6. The van der Waals surface area contributed by atoms with Crippen LogP contribution < -0.4 is 11.1 Å². The highest BCUT2D eigenvalue weighted by molar-refractivity contribution is 7.18. The van der Waals surface area contributed by atoms with Gasteiger partial charge in [-0.05, 0) is 18.1 Å². The van der Waals surface area contributed by atoms with E-state index < -0.39 is 5.97 Å². The number of hydrogen-bond donors (Lipinski definition) is 2. The summed E-state index contributed by atoms with van der Waals surface area (Å²) in [6.07, 6.45) is 0. The largest absolute Gasteiger partial charge is 0.462 e. The van der Waals surface area contributed by atoms with Crippen LogP contribution in [0.15, 0.2) is 60.7 Å². The quantitative estimate of drug-likeness (QED) is 0.588. The fraction of sp³-hybridized carbons (Fsp3) is 0.182. The third-order valence-electron chi connectivity index (χ3n) is 4.36. The van der Waals surface area contributed by atoms with E-state index in [2.05, 4.69) is 11.4 Å². The Labute approximate surface area is 168 Å². The van der Waals surface area contributed by atoms with Gasteiger partial charge in [0.25, 0.3) is 0 Å². The second-order valence-corrected chi connectivity index (χ2v) is 7.17. The van der Waals surface area contributed by atoms with Crippen molar-refractivity contribution in [2.24, 2.45) is 0 Å². The Kier molecular flexibility index (Phi) is 6.43. The topological polar surface area (TPSA) is 88.1 Å². The summed E-state index contributed by atoms with van der Waals surface area (Å²) >= 11 is 1.10. The first-order chi connectivity index (χ1) is 13.7. The molecule has 1 aromatic heterocycles. The van der Waals surface area contributed by atoms with E-state index in [0.717, 1.165) is 22.5 Å². The Balaban J connectivity index is 1.94. The summed E-state index contributed by atoms with van der Waals surface area (Å²) in [5, 5.41) is 13.3. The maximum absolute atomic E-state index is 12.3. The molecule has 0 aliphatic carbocycles. The van der Waals surface area contributed by atoms with Crippen molar-refractivity contribution in [1.82, 2.24) is 5.32 Å². The molecule has 0 bridgehead atoms. The smallest absolute Gasteiger partial charge is 0.348 e. The average molecular weight is 391 g/mol. The van der Waals surface area contributed by atoms with E-state index in [-0.39, 0.29) is 12.6 Å². The molecule has 0 unspecified atom stereocenters. The predicted octanol–water partition coefficient (Wildman–Crippen LogP) is 4.26. The molecule has 28 heavy (non-hydrogen) atoms. The molecule has 142 valence electrons. The number of rotatable bonds is 7. The predicted molar refractivity (Wildman–Crippen MR) is 111 cm³/mol. The van der Waals surface area contributed by atoms with E-state index >= 15 is 0 Å². The van der Waals surface area contributed by atoms with Crippen molar-refractivity contribution in [2.75, 3.05) is 12.3 Å². The lowest BCUT2D eigenvalue weighted by molar-refractivity contribution is 0.0530. The summed E-state index contributed by atoms with van der Waals surface area (Å²) in [6.45, 7) is 2.33. The fourth-order valence-corrected chi connectivity index (χ4v) is 3.99. The lowest BCUT2D eigenvalue weighted by atomic mass is 9.98. The van der Waals surface area contributed by atoms with Crippen LogP contribution in [-0.4, -0.2) is 12.6 Å². The van der Waals surface area contributed by atoms with Gasteiger partial charge in [-0.1, -0.05) is 60.7 Å². The number of nitrogens with one attached hydrogen (secondary N) is 1. The summed E-state index contributed by atoms with van der Waals surface area (Å²) in [5.41, 5.74) is 9.07. The molecule has 0 amide bonds. The zero-order valence-electron chi connectivity index (χ0n) is 15.5. The van der Waals surface area contributed by atoms with Crippen LogP contribution in [0.3, 0.4) is 0 Å². The zero-order chi connectivity index (χ0) is 19.9. The molecule has 0 radical (unpaired) electrons. The van der Waals surface area contributed by atoms with Crippen LogP contribution in [0.2, 0.25) is 0 Å². The lowest BCUT2D eigenvalue weighted by Gasteiger charge is -2.20. The number of nitriles is 1. The molecule has 3 aromatic rings. The Morgan fingerprint density at radius 2 is 1.71 bits per heavy atom. The Morgan fingerprint density at radius 1 is 1.14 bits per heavy atom. The van der Waals surface area contributed by atoms with Gasteiger partial charge < -0.3 is 15.8 Å². The van der Waals surface area contributed by atoms with Gasteiger partial charge in [0.15, 0.2) is 0 Å². The van der Waals surface area contributed by atoms with Crippen LogP contribution in [0.5, 0.6) is 0 Å². The molecule has 0 spiro atoms. The van der Waals surface area contributed by atoms with Crippen molar-refractivity contribution in [3.05, 3.63) is 87.8 Å². The van der Waals surface area contributed by atoms with E-state index in [4.69, 9.17) is 10.5 Å². The molecule has 5 nitrogen and oxygen atoms in total. The minimum atomic E-state index is -0.450. The Morgan fingerprint density at radius 3 is 2.21 bits per heavy atom. The van der Waals surface area contributed by atoms with Crippen molar-refractivity contribution < 1.29 is 9.53 Å². The first-order valence-electron chi connectivity index (χ1n) is 8.97. The molecule has 1 heterocycles. The van der Waals surface area contributed by atoms with Gasteiger partial charge in [-0.15, -0.1) is 11.3 Å². The van der Waals surface area contributed by atoms with E-state index in [9.17, 15) is 10.1 Å². The van der Waals surface area contributed by atoms with E-state index in [1.54, 1.807) is 6.92 Å². The van der Waals surface area contributed by atoms with Crippen LogP contribution in [0.4, 0.5) is 5.00 Å². The highest BCUT2D eigenvalue weighted by atomic mass is 32.1. The number of anilines is 1. The van der Waals surface area contributed by atoms with Gasteiger partial charge in [0.05, 0.1) is 18.2 Å². The molecule has 0 aliphatic heterocycles. The van der Waals surface area contributed by atoms with Crippen molar-refractivity contribution in [3.8, 4) is 6.07 Å². The minimum Gasteiger partial charge on any atom is -0.462 e. The zero-order valence-corrected chi connectivity index (χ0v) is 16.3. The third-order valence-corrected chi connectivity index (χ3v) is 5.40. The molecule has 0 atom stereocenters. The number of carbonyl (C=O) groups excluding carboxylic acids is 1. The Bertz CT molecular complexity index is 939. The highest BCUT2D eigenvalue weighted by Gasteiger charge is 2.24.